The van der Waals surface area contributed by atoms with Gasteiger partial charge in [0.2, 0.25) is 16.4 Å². The Kier molecular flexibility index (Phi) is 3.86. The van der Waals surface area contributed by atoms with Crippen molar-refractivity contribution in [1.29, 1.82) is 0 Å². The van der Waals surface area contributed by atoms with E-state index >= 15 is 0 Å². The van der Waals surface area contributed by atoms with Gasteiger partial charge in [-0.3, -0.25) is 9.59 Å². The minimum absolute atomic E-state index is 0.00780. The molecule has 4 rings (SSSR count). The second-order valence-electron chi connectivity index (χ2n) is 7.04. The molecular weight excluding hydrogens is 372 g/mol. The molecule has 2 aromatic rings. The molecule has 9 nitrogen and oxygen atoms in total. The fraction of sp³-hybridized carbons (Fsp3) is 0.412. The lowest BCUT2D eigenvalue weighted by molar-refractivity contribution is -0.688. The number of hydrogen-bond acceptors (Lipinski definition) is 5. The minimum Gasteiger partial charge on any atom is -0.477 e. The van der Waals surface area contributed by atoms with Crippen molar-refractivity contribution in [2.45, 2.75) is 32.5 Å². The molecule has 142 valence electrons. The van der Waals surface area contributed by atoms with Crippen molar-refractivity contribution in [3.05, 3.63) is 34.9 Å². The molecule has 2 aliphatic rings. The highest BCUT2D eigenvalue weighted by Crippen LogP contribution is 2.47. The van der Waals surface area contributed by atoms with E-state index in [1.54, 1.807) is 33.8 Å². The zero-order chi connectivity index (χ0) is 19.6. The van der Waals surface area contributed by atoms with Crippen molar-refractivity contribution >= 4 is 34.0 Å². The van der Waals surface area contributed by atoms with Crippen LogP contribution in [0.3, 0.4) is 0 Å². The average molecular weight is 391 g/mol. The maximum Gasteiger partial charge on any atom is 0.352 e. The van der Waals surface area contributed by atoms with E-state index in [9.17, 15) is 24.6 Å². The van der Waals surface area contributed by atoms with Crippen LogP contribution in [-0.4, -0.2) is 49.4 Å². The third kappa shape index (κ3) is 2.40. The van der Waals surface area contributed by atoms with Crippen LogP contribution in [0, 0.1) is 11.8 Å². The number of carboxylic acid groups (broad SMARTS) is 1. The number of aliphatic carboxylic acids is 1. The van der Waals surface area contributed by atoms with Crippen LogP contribution in [0.4, 0.5) is 0 Å². The van der Waals surface area contributed by atoms with Gasteiger partial charge < -0.3 is 20.8 Å². The van der Waals surface area contributed by atoms with E-state index in [0.717, 1.165) is 4.83 Å². The number of fused-ring (bicyclic) bond motifs is 2. The molecule has 1 saturated heterocycles. The number of carbonyl (C=O) groups excluding carboxylic acids is 2. The van der Waals surface area contributed by atoms with Gasteiger partial charge in [-0.1, -0.05) is 18.3 Å². The lowest BCUT2D eigenvalue weighted by Crippen LogP contribution is -2.63. The fourth-order valence-corrected chi connectivity index (χ4v) is 5.11. The number of imidazole rings is 1. The summed E-state index contributed by atoms with van der Waals surface area (Å²) in [5, 5.41) is 21.2. The second-order valence-corrected chi connectivity index (χ2v) is 7.93. The van der Waals surface area contributed by atoms with Gasteiger partial charge in [-0.2, -0.15) is 4.40 Å². The van der Waals surface area contributed by atoms with Crippen LogP contribution < -0.4 is 10.3 Å². The zero-order valence-corrected chi connectivity index (χ0v) is 15.5. The first-order valence-corrected chi connectivity index (χ1v) is 9.36. The quantitative estimate of drug-likeness (QED) is 0.471. The molecule has 10 heteroatoms. The molecule has 4 N–H and O–H groups in total. The van der Waals surface area contributed by atoms with E-state index < -0.39 is 23.9 Å². The number of β-lactam (4-membered cyclic amide) rings is 1. The predicted molar refractivity (Wildman–Crippen MR) is 93.6 cm³/mol. The molecule has 0 saturated carbocycles. The summed E-state index contributed by atoms with van der Waals surface area (Å²) < 4.78 is 3.44. The number of carboxylic acids is 1. The van der Waals surface area contributed by atoms with E-state index in [-0.39, 0.29) is 30.1 Å². The first kappa shape index (κ1) is 17.7. The minimum atomic E-state index is -1.16. The van der Waals surface area contributed by atoms with Crippen molar-refractivity contribution in [2.24, 2.45) is 17.6 Å². The molecule has 27 heavy (non-hydrogen) atoms. The topological polar surface area (TPSA) is 129 Å². The third-order valence-electron chi connectivity index (χ3n) is 5.45. The molecule has 0 aromatic carbocycles. The Morgan fingerprint density at radius 2 is 2.15 bits per heavy atom. The molecule has 4 heterocycles. The lowest BCUT2D eigenvalue weighted by Gasteiger charge is -2.46. The predicted octanol–water partition coefficient (Wildman–Crippen LogP) is -0.417. The second kappa shape index (κ2) is 5.89. The number of thiazole rings is 1. The summed E-state index contributed by atoms with van der Waals surface area (Å²) >= 11 is 1.36. The molecule has 0 radical (unpaired) electrons. The molecule has 0 unspecified atom stereocenters. The number of primary amides is 1. The Labute approximate surface area is 157 Å². The number of rotatable bonds is 5. The Balaban J connectivity index is 1.71. The van der Waals surface area contributed by atoms with Crippen molar-refractivity contribution in [3.63, 3.8) is 0 Å². The van der Waals surface area contributed by atoms with Crippen molar-refractivity contribution in [1.82, 2.24) is 9.30 Å². The van der Waals surface area contributed by atoms with Crippen molar-refractivity contribution in [3.8, 4) is 0 Å². The number of carbonyl (C=O) groups is 3. The average Bonchev–Trinajstić information content (AvgIpc) is 3.19. The fourth-order valence-electron chi connectivity index (χ4n) is 4.20. The first-order valence-electron chi connectivity index (χ1n) is 8.48. The van der Waals surface area contributed by atoms with Crippen LogP contribution in [0.2, 0.25) is 0 Å². The molecule has 2 amide bonds. The van der Waals surface area contributed by atoms with Gasteiger partial charge in [0.05, 0.1) is 18.1 Å². The Bertz CT molecular complexity index is 1020. The molecule has 2 aliphatic heterocycles. The largest absolute Gasteiger partial charge is 0.477 e. The number of aliphatic hydroxyl groups is 1. The smallest absolute Gasteiger partial charge is 0.352 e. The van der Waals surface area contributed by atoms with Crippen LogP contribution in [0.25, 0.3) is 4.83 Å². The van der Waals surface area contributed by atoms with E-state index in [4.69, 9.17) is 5.73 Å². The normalized spacial score (nSPS) is 25.7. The van der Waals surface area contributed by atoms with E-state index in [1.165, 1.54) is 16.2 Å². The number of amides is 2. The summed E-state index contributed by atoms with van der Waals surface area (Å²) in [7, 11) is 0. The van der Waals surface area contributed by atoms with Gasteiger partial charge in [0, 0.05) is 16.9 Å². The highest BCUT2D eigenvalue weighted by molar-refractivity contribution is 7.15. The lowest BCUT2D eigenvalue weighted by atomic mass is 9.78. The van der Waals surface area contributed by atoms with Gasteiger partial charge in [-0.05, 0) is 6.92 Å². The number of aliphatic hydroxyl groups excluding tert-OH is 1. The molecular formula is C17H19N4O5S+. The molecule has 4 atom stereocenters. The van der Waals surface area contributed by atoms with Crippen molar-refractivity contribution in [2.75, 3.05) is 0 Å². The standard InChI is InChI=1S/C17H18N4O5S/c1-7-9(3-19-4-11-20(6-19)10(5-27-11)15(18)23)14(17(25)26)21-13(7)12(8(2)22)16(21)24/h4-8,12-13,22H,3H2,1-2H3,(H2-,18,23,25,26)/p+1/t7-,8+,12+,13+/m0/s1. The number of hydrogen-bond donors (Lipinski definition) is 3. The highest BCUT2D eigenvalue weighted by Gasteiger charge is 2.60. The number of nitrogens with zero attached hydrogens (tertiary/aromatic N) is 3. The van der Waals surface area contributed by atoms with Gasteiger partial charge in [0.15, 0.2) is 0 Å². The summed E-state index contributed by atoms with van der Waals surface area (Å²) in [6.45, 7) is 3.69. The van der Waals surface area contributed by atoms with Gasteiger partial charge in [0.1, 0.15) is 18.4 Å². The van der Waals surface area contributed by atoms with Crippen molar-refractivity contribution < 1.29 is 29.2 Å². The number of aromatic nitrogens is 2. The van der Waals surface area contributed by atoms with Gasteiger partial charge in [-0.15, -0.1) is 0 Å². The van der Waals surface area contributed by atoms with Crippen LogP contribution in [0.5, 0.6) is 0 Å². The summed E-state index contributed by atoms with van der Waals surface area (Å²) in [6.07, 6.45) is 2.66. The molecule has 0 spiro atoms. The maximum atomic E-state index is 12.4. The van der Waals surface area contributed by atoms with E-state index in [0.29, 0.717) is 11.3 Å². The Hall–Kier alpha value is -2.72. The maximum absolute atomic E-state index is 12.4. The first-order chi connectivity index (χ1) is 12.7. The Morgan fingerprint density at radius 3 is 2.74 bits per heavy atom. The van der Waals surface area contributed by atoms with E-state index in [1.807, 2.05) is 6.92 Å². The van der Waals surface area contributed by atoms with Gasteiger partial charge in [-0.25, -0.2) is 9.36 Å². The van der Waals surface area contributed by atoms with Crippen LogP contribution in [0.15, 0.2) is 29.2 Å². The molecule has 0 bridgehead atoms. The summed E-state index contributed by atoms with van der Waals surface area (Å²) in [5.41, 5.74) is 6.33. The molecule has 0 aliphatic carbocycles. The van der Waals surface area contributed by atoms with Crippen LogP contribution in [0.1, 0.15) is 24.3 Å². The van der Waals surface area contributed by atoms with Crippen LogP contribution in [-0.2, 0) is 16.1 Å². The SMILES string of the molecule is C[C@@H](O)[C@H]1C(=O)N2C(C(=O)O)=C(C[n+]3cc4scc(C(N)=O)n4c3)[C@H](C)[C@H]12. The van der Waals surface area contributed by atoms with Crippen LogP contribution >= 0.6 is 11.3 Å². The highest BCUT2D eigenvalue weighted by atomic mass is 32.1. The molecule has 1 fully saturated rings. The summed E-state index contributed by atoms with van der Waals surface area (Å²) in [5.74, 6) is -2.84. The summed E-state index contributed by atoms with van der Waals surface area (Å²) in [6, 6.07) is -0.343. The monoisotopic (exact) mass is 391 g/mol. The Morgan fingerprint density at radius 1 is 1.44 bits per heavy atom. The van der Waals surface area contributed by atoms with E-state index in [2.05, 4.69) is 0 Å². The third-order valence-corrected chi connectivity index (χ3v) is 6.34. The number of nitrogens with two attached hydrogens (primary N) is 1. The van der Waals surface area contributed by atoms with Gasteiger partial charge >= 0.3 is 5.97 Å². The van der Waals surface area contributed by atoms with Gasteiger partial charge in [0.25, 0.3) is 12.2 Å². The molecule has 2 aromatic heterocycles. The summed E-state index contributed by atoms with van der Waals surface area (Å²) in [4.78, 5) is 37.8. The zero-order valence-electron chi connectivity index (χ0n) is 14.7.